The Labute approximate surface area is 213 Å². The van der Waals surface area contributed by atoms with Crippen LogP contribution in [-0.2, 0) is 29.0 Å². The van der Waals surface area contributed by atoms with Crippen molar-refractivity contribution in [2.24, 2.45) is 0 Å². The second-order valence-corrected chi connectivity index (χ2v) is 9.10. The van der Waals surface area contributed by atoms with Crippen LogP contribution in [0, 0.1) is 0 Å². The molecule has 0 bridgehead atoms. The molecule has 2 amide bonds. The molecule has 0 radical (unpaired) electrons. The average Bonchev–Trinajstić information content (AvgIpc) is 2.80. The van der Waals surface area contributed by atoms with Gasteiger partial charge in [-0.3, -0.25) is 9.59 Å². The summed E-state index contributed by atoms with van der Waals surface area (Å²) in [7, 11) is 1.55. The summed E-state index contributed by atoms with van der Waals surface area (Å²) in [4.78, 5) is 28.1. The molecular formula is C25H22Cl4N2O2. The zero-order valence-electron chi connectivity index (χ0n) is 17.8. The van der Waals surface area contributed by atoms with Crippen molar-refractivity contribution in [3.8, 4) is 0 Å². The number of rotatable bonds is 8. The highest BCUT2D eigenvalue weighted by Crippen LogP contribution is 2.28. The summed E-state index contributed by atoms with van der Waals surface area (Å²) in [6.07, 6.45) is 0.358. The second kappa shape index (κ2) is 11.8. The van der Waals surface area contributed by atoms with Crippen LogP contribution in [0.4, 0.5) is 0 Å². The number of hydrogen-bond donors (Lipinski definition) is 1. The van der Waals surface area contributed by atoms with Gasteiger partial charge >= 0.3 is 0 Å². The van der Waals surface area contributed by atoms with E-state index in [0.29, 0.717) is 37.6 Å². The Kier molecular flexibility index (Phi) is 9.04. The Bertz CT molecular complexity index is 1120. The summed E-state index contributed by atoms with van der Waals surface area (Å²) in [6, 6.07) is 18.9. The molecule has 0 fully saturated rings. The molecule has 4 nitrogen and oxygen atoms in total. The van der Waals surface area contributed by atoms with E-state index in [9.17, 15) is 9.59 Å². The van der Waals surface area contributed by atoms with Crippen molar-refractivity contribution in [1.82, 2.24) is 10.2 Å². The van der Waals surface area contributed by atoms with Gasteiger partial charge in [-0.25, -0.2) is 0 Å². The molecule has 0 aliphatic heterocycles. The van der Waals surface area contributed by atoms with Crippen molar-refractivity contribution < 1.29 is 9.59 Å². The topological polar surface area (TPSA) is 49.4 Å². The molecule has 0 saturated heterocycles. The van der Waals surface area contributed by atoms with Crippen molar-refractivity contribution in [3.05, 3.63) is 104 Å². The summed E-state index contributed by atoms with van der Waals surface area (Å²) >= 11 is 24.9. The van der Waals surface area contributed by atoms with Crippen LogP contribution < -0.4 is 5.32 Å². The van der Waals surface area contributed by atoms with Gasteiger partial charge in [0.25, 0.3) is 0 Å². The van der Waals surface area contributed by atoms with Gasteiger partial charge < -0.3 is 10.2 Å². The van der Waals surface area contributed by atoms with E-state index in [1.54, 1.807) is 43.4 Å². The third-order valence-corrected chi connectivity index (χ3v) is 6.69. The second-order valence-electron chi connectivity index (χ2n) is 7.47. The summed E-state index contributed by atoms with van der Waals surface area (Å²) < 4.78 is 0. The van der Waals surface area contributed by atoms with Crippen LogP contribution in [0.25, 0.3) is 0 Å². The highest BCUT2D eigenvalue weighted by molar-refractivity contribution is 6.42. The van der Waals surface area contributed by atoms with Gasteiger partial charge in [-0.1, -0.05) is 88.9 Å². The van der Waals surface area contributed by atoms with E-state index in [2.05, 4.69) is 5.32 Å². The fraction of sp³-hybridized carbons (Fsp3) is 0.200. The molecule has 1 atom stereocenters. The van der Waals surface area contributed by atoms with Crippen LogP contribution in [0.15, 0.2) is 66.7 Å². The Balaban J connectivity index is 2.00. The van der Waals surface area contributed by atoms with Crippen molar-refractivity contribution in [1.29, 1.82) is 0 Å². The number of amides is 2. The van der Waals surface area contributed by atoms with Crippen molar-refractivity contribution in [2.75, 3.05) is 7.05 Å². The van der Waals surface area contributed by atoms with E-state index in [1.807, 2.05) is 30.3 Å². The van der Waals surface area contributed by atoms with Crippen LogP contribution in [0.3, 0.4) is 0 Å². The number of nitrogens with zero attached hydrogens (tertiary/aromatic N) is 1. The van der Waals surface area contributed by atoms with Crippen LogP contribution in [0.2, 0.25) is 20.1 Å². The fourth-order valence-electron chi connectivity index (χ4n) is 3.50. The molecule has 0 spiro atoms. The lowest BCUT2D eigenvalue weighted by Crippen LogP contribution is -2.50. The Morgan fingerprint density at radius 3 is 2.09 bits per heavy atom. The standard InChI is InChI=1S/C25H22Cl4N2O2/c1-30-25(33)23(13-16-6-3-2-4-7-16)31(15-18-19(26)8-5-9-20(18)27)24(32)14-17-10-11-21(28)22(29)12-17/h2-12,23H,13-15H2,1H3,(H,30,33). The summed E-state index contributed by atoms with van der Waals surface area (Å²) in [5.74, 6) is -0.557. The zero-order chi connectivity index (χ0) is 24.0. The third kappa shape index (κ3) is 6.64. The van der Waals surface area contributed by atoms with Gasteiger partial charge in [-0.15, -0.1) is 0 Å². The van der Waals surface area contributed by atoms with Crippen LogP contribution in [-0.4, -0.2) is 29.8 Å². The Morgan fingerprint density at radius 1 is 0.818 bits per heavy atom. The van der Waals surface area contributed by atoms with Gasteiger partial charge in [0.05, 0.1) is 16.5 Å². The molecule has 1 unspecified atom stereocenters. The van der Waals surface area contributed by atoms with Gasteiger partial charge in [0.15, 0.2) is 0 Å². The number of carbonyl (C=O) groups excluding carboxylic acids is 2. The SMILES string of the molecule is CNC(=O)C(Cc1ccccc1)N(Cc1c(Cl)cccc1Cl)C(=O)Cc1ccc(Cl)c(Cl)c1. The van der Waals surface area contributed by atoms with E-state index >= 15 is 0 Å². The van der Waals surface area contributed by atoms with Crippen molar-refractivity contribution in [3.63, 3.8) is 0 Å². The Morgan fingerprint density at radius 2 is 1.48 bits per heavy atom. The minimum Gasteiger partial charge on any atom is -0.357 e. The average molecular weight is 524 g/mol. The molecule has 172 valence electrons. The van der Waals surface area contributed by atoms with Gasteiger partial charge in [0.2, 0.25) is 11.8 Å². The first kappa shape index (κ1) is 25.4. The zero-order valence-corrected chi connectivity index (χ0v) is 20.8. The first-order valence-electron chi connectivity index (χ1n) is 10.2. The lowest BCUT2D eigenvalue weighted by Gasteiger charge is -2.32. The number of halogens is 4. The number of benzene rings is 3. The van der Waals surface area contributed by atoms with E-state index in [0.717, 1.165) is 5.56 Å². The van der Waals surface area contributed by atoms with Gasteiger partial charge in [0.1, 0.15) is 6.04 Å². The molecule has 8 heteroatoms. The first-order valence-corrected chi connectivity index (χ1v) is 11.7. The fourth-order valence-corrected chi connectivity index (χ4v) is 4.34. The number of carbonyl (C=O) groups is 2. The normalized spacial score (nSPS) is 11.7. The summed E-state index contributed by atoms with van der Waals surface area (Å²) in [5, 5.41) is 4.28. The monoisotopic (exact) mass is 522 g/mol. The predicted octanol–water partition coefficient (Wildman–Crippen LogP) is 6.23. The lowest BCUT2D eigenvalue weighted by molar-refractivity contribution is -0.140. The lowest BCUT2D eigenvalue weighted by atomic mass is 10.0. The summed E-state index contributed by atoms with van der Waals surface area (Å²) in [5.41, 5.74) is 2.18. The minimum atomic E-state index is -0.778. The molecule has 0 saturated carbocycles. The molecule has 0 heterocycles. The van der Waals surface area contributed by atoms with E-state index in [-0.39, 0.29) is 24.8 Å². The van der Waals surface area contributed by atoms with Gasteiger partial charge in [-0.2, -0.15) is 0 Å². The van der Waals surface area contributed by atoms with Gasteiger partial charge in [-0.05, 0) is 35.4 Å². The predicted molar refractivity (Wildman–Crippen MR) is 135 cm³/mol. The van der Waals surface area contributed by atoms with Crippen molar-refractivity contribution >= 4 is 58.2 Å². The molecule has 33 heavy (non-hydrogen) atoms. The molecule has 0 aromatic heterocycles. The summed E-state index contributed by atoms with van der Waals surface area (Å²) in [6.45, 7) is 0.0730. The molecule has 0 aliphatic carbocycles. The van der Waals surface area contributed by atoms with E-state index < -0.39 is 6.04 Å². The highest BCUT2D eigenvalue weighted by atomic mass is 35.5. The van der Waals surface area contributed by atoms with Crippen LogP contribution in [0.1, 0.15) is 16.7 Å². The third-order valence-electron chi connectivity index (χ3n) is 5.25. The number of nitrogens with one attached hydrogen (secondary N) is 1. The highest BCUT2D eigenvalue weighted by Gasteiger charge is 2.30. The van der Waals surface area contributed by atoms with E-state index in [1.165, 1.54) is 4.90 Å². The van der Waals surface area contributed by atoms with Gasteiger partial charge in [0, 0.05) is 35.6 Å². The molecule has 1 N–H and O–H groups in total. The molecule has 3 aromatic rings. The maximum atomic E-state index is 13.6. The van der Waals surface area contributed by atoms with E-state index in [4.69, 9.17) is 46.4 Å². The largest absolute Gasteiger partial charge is 0.357 e. The molecule has 3 aromatic carbocycles. The van der Waals surface area contributed by atoms with Crippen LogP contribution in [0.5, 0.6) is 0 Å². The molecule has 3 rings (SSSR count). The first-order chi connectivity index (χ1) is 15.8. The Hall–Kier alpha value is -2.24. The molecule has 0 aliphatic rings. The number of hydrogen-bond acceptors (Lipinski definition) is 2. The quantitative estimate of drug-likeness (QED) is 0.380. The van der Waals surface area contributed by atoms with Crippen molar-refractivity contribution in [2.45, 2.75) is 25.4 Å². The maximum Gasteiger partial charge on any atom is 0.242 e. The van der Waals surface area contributed by atoms with Crippen LogP contribution >= 0.6 is 46.4 Å². The minimum absolute atomic E-state index is 0.0290. The molecular weight excluding hydrogens is 502 g/mol. The maximum absolute atomic E-state index is 13.6. The smallest absolute Gasteiger partial charge is 0.242 e. The number of likely N-dealkylation sites (N-methyl/N-ethyl adjacent to an activating group) is 1.